The van der Waals surface area contributed by atoms with Gasteiger partial charge < -0.3 is 19.2 Å². The minimum absolute atomic E-state index is 0.155. The fourth-order valence-electron chi connectivity index (χ4n) is 2.97. The molecule has 1 aliphatic heterocycles. The van der Waals surface area contributed by atoms with Gasteiger partial charge in [0.15, 0.2) is 29.3 Å². The Kier molecular flexibility index (Phi) is 5.32. The van der Waals surface area contributed by atoms with Crippen LogP contribution in [0.1, 0.15) is 16.1 Å². The Morgan fingerprint density at radius 1 is 1.07 bits per heavy atom. The molecule has 0 radical (unpaired) electrons. The van der Waals surface area contributed by atoms with Gasteiger partial charge in [0.25, 0.3) is 5.91 Å². The summed E-state index contributed by atoms with van der Waals surface area (Å²) in [6.07, 6.45) is 2.30. The first-order valence-electron chi connectivity index (χ1n) is 9.07. The zero-order valence-electron chi connectivity index (χ0n) is 16.0. The van der Waals surface area contributed by atoms with Crippen LogP contribution in [0.5, 0.6) is 11.5 Å². The maximum Gasteiger partial charge on any atom is 0.274 e. The first-order valence-corrected chi connectivity index (χ1v) is 11.0. The van der Waals surface area contributed by atoms with Crippen molar-refractivity contribution in [3.8, 4) is 22.8 Å². The molecule has 1 aliphatic rings. The molecule has 4 rings (SSSR count). The minimum atomic E-state index is -3.34. The highest BCUT2D eigenvalue weighted by atomic mass is 32.2. The molecule has 2 heterocycles. The van der Waals surface area contributed by atoms with Gasteiger partial charge in [-0.2, -0.15) is 0 Å². The van der Waals surface area contributed by atoms with Crippen molar-refractivity contribution in [2.75, 3.05) is 24.2 Å². The number of carbonyl (C=O) groups is 1. The number of sulfonamides is 1. The predicted octanol–water partition coefficient (Wildman–Crippen LogP) is 2.41. The van der Waals surface area contributed by atoms with Crippen LogP contribution in [-0.4, -0.2) is 38.8 Å². The van der Waals surface area contributed by atoms with Crippen LogP contribution < -0.4 is 19.5 Å². The molecule has 1 aromatic heterocycles. The average molecular weight is 429 g/mol. The fraction of sp³-hybridized carbons (Fsp3) is 0.200. The maximum atomic E-state index is 12.6. The lowest BCUT2D eigenvalue weighted by Gasteiger charge is -2.18. The van der Waals surface area contributed by atoms with Gasteiger partial charge in [0.1, 0.15) is 13.2 Å². The third-order valence-corrected chi connectivity index (χ3v) is 4.90. The molecule has 2 N–H and O–H groups in total. The van der Waals surface area contributed by atoms with Gasteiger partial charge in [-0.1, -0.05) is 12.1 Å². The van der Waals surface area contributed by atoms with Crippen molar-refractivity contribution < 1.29 is 27.1 Å². The van der Waals surface area contributed by atoms with Crippen molar-refractivity contribution in [3.63, 3.8) is 0 Å². The molecule has 9 nitrogen and oxygen atoms in total. The van der Waals surface area contributed by atoms with E-state index in [9.17, 15) is 13.2 Å². The summed E-state index contributed by atoms with van der Waals surface area (Å²) in [5, 5.41) is 2.79. The molecule has 0 aliphatic carbocycles. The third-order valence-electron chi connectivity index (χ3n) is 4.30. The lowest BCUT2D eigenvalue weighted by atomic mass is 10.1. The van der Waals surface area contributed by atoms with Crippen LogP contribution in [0, 0.1) is 0 Å². The number of nitrogens with zero attached hydrogens (tertiary/aromatic N) is 1. The number of nitrogens with one attached hydrogen (secondary N) is 2. The molecule has 10 heteroatoms. The molecular weight excluding hydrogens is 410 g/mol. The van der Waals surface area contributed by atoms with Gasteiger partial charge in [0.2, 0.25) is 10.0 Å². The van der Waals surface area contributed by atoms with Gasteiger partial charge in [-0.05, 0) is 35.9 Å². The van der Waals surface area contributed by atoms with E-state index in [0.29, 0.717) is 41.7 Å². The third kappa shape index (κ3) is 4.54. The Balaban J connectivity index is 1.45. The van der Waals surface area contributed by atoms with E-state index in [4.69, 9.17) is 13.9 Å². The van der Waals surface area contributed by atoms with Crippen molar-refractivity contribution in [2.24, 2.45) is 0 Å². The molecule has 2 aromatic carbocycles. The first kappa shape index (κ1) is 19.8. The van der Waals surface area contributed by atoms with E-state index in [1.165, 1.54) is 6.39 Å². The number of amides is 1. The number of benzene rings is 2. The monoisotopic (exact) mass is 429 g/mol. The molecule has 0 spiro atoms. The predicted molar refractivity (Wildman–Crippen MR) is 109 cm³/mol. The summed E-state index contributed by atoms with van der Waals surface area (Å²) < 4.78 is 41.4. The smallest absolute Gasteiger partial charge is 0.274 e. The van der Waals surface area contributed by atoms with Crippen molar-refractivity contribution in [3.05, 3.63) is 60.1 Å². The van der Waals surface area contributed by atoms with E-state index in [1.54, 1.807) is 42.5 Å². The maximum absolute atomic E-state index is 12.6. The fourth-order valence-corrected chi connectivity index (χ4v) is 3.53. The molecular formula is C20H19N3O6S. The second-order valence-electron chi connectivity index (χ2n) is 6.64. The van der Waals surface area contributed by atoms with E-state index in [2.05, 4.69) is 15.0 Å². The zero-order valence-corrected chi connectivity index (χ0v) is 16.9. The summed E-state index contributed by atoms with van der Waals surface area (Å²) in [5.41, 5.74) is 2.05. The largest absolute Gasteiger partial charge is 0.486 e. The van der Waals surface area contributed by atoms with E-state index in [0.717, 1.165) is 11.8 Å². The van der Waals surface area contributed by atoms with Crippen LogP contribution in [0.2, 0.25) is 0 Å². The molecule has 30 heavy (non-hydrogen) atoms. The number of ether oxygens (including phenoxy) is 2. The van der Waals surface area contributed by atoms with Gasteiger partial charge in [-0.15, -0.1) is 0 Å². The summed E-state index contributed by atoms with van der Waals surface area (Å²) in [7, 11) is -3.34. The Morgan fingerprint density at radius 3 is 2.53 bits per heavy atom. The number of rotatable bonds is 6. The minimum Gasteiger partial charge on any atom is -0.486 e. The number of fused-ring (bicyclic) bond motifs is 1. The summed E-state index contributed by atoms with van der Waals surface area (Å²) in [5.74, 6) is 1.16. The highest BCUT2D eigenvalue weighted by Gasteiger charge is 2.20. The van der Waals surface area contributed by atoms with Crippen LogP contribution >= 0.6 is 0 Å². The topological polar surface area (TPSA) is 120 Å². The summed E-state index contributed by atoms with van der Waals surface area (Å²) in [6.45, 7) is 1.19. The van der Waals surface area contributed by atoms with Gasteiger partial charge >= 0.3 is 0 Å². The van der Waals surface area contributed by atoms with Gasteiger partial charge in [-0.3, -0.25) is 9.52 Å². The average Bonchev–Trinajstić information content (AvgIpc) is 3.21. The molecule has 0 saturated carbocycles. The number of anilines is 1. The number of hydrogen-bond donors (Lipinski definition) is 2. The lowest BCUT2D eigenvalue weighted by Crippen LogP contribution is -2.23. The van der Waals surface area contributed by atoms with Gasteiger partial charge in [0, 0.05) is 17.8 Å². The quantitative estimate of drug-likeness (QED) is 0.617. The molecule has 0 atom stereocenters. The Morgan fingerprint density at radius 2 is 1.80 bits per heavy atom. The number of hydrogen-bond acceptors (Lipinski definition) is 7. The summed E-state index contributed by atoms with van der Waals surface area (Å²) in [6, 6.07) is 12.0. The second kappa shape index (κ2) is 8.07. The normalized spacial score (nSPS) is 13.0. The van der Waals surface area contributed by atoms with Crippen LogP contribution in [0.15, 0.2) is 53.3 Å². The van der Waals surface area contributed by atoms with E-state index in [1.807, 2.05) is 0 Å². The Bertz CT molecular complexity index is 1170. The number of oxazole rings is 1. The van der Waals surface area contributed by atoms with Gasteiger partial charge in [-0.25, -0.2) is 13.4 Å². The van der Waals surface area contributed by atoms with Crippen LogP contribution in [0.3, 0.4) is 0 Å². The first-order chi connectivity index (χ1) is 14.4. The molecule has 0 saturated heterocycles. The molecule has 1 amide bonds. The van der Waals surface area contributed by atoms with Crippen LogP contribution in [0.4, 0.5) is 5.69 Å². The van der Waals surface area contributed by atoms with E-state index < -0.39 is 15.9 Å². The Labute approximate surface area is 173 Å². The highest BCUT2D eigenvalue weighted by molar-refractivity contribution is 7.92. The van der Waals surface area contributed by atoms with Crippen molar-refractivity contribution >= 4 is 21.6 Å². The SMILES string of the molecule is CS(=O)(=O)Nc1ccc(CNC(=O)c2ncoc2-c2ccc3c(c2)OCCO3)cc1. The highest BCUT2D eigenvalue weighted by Crippen LogP contribution is 2.35. The summed E-state index contributed by atoms with van der Waals surface area (Å²) >= 11 is 0. The zero-order chi connectivity index (χ0) is 21.1. The second-order valence-corrected chi connectivity index (χ2v) is 8.39. The summed E-state index contributed by atoms with van der Waals surface area (Å²) in [4.78, 5) is 16.7. The Hall–Kier alpha value is -3.53. The van der Waals surface area contributed by atoms with Crippen molar-refractivity contribution in [2.45, 2.75) is 6.54 Å². The standard InChI is InChI=1S/C20H19N3O6S/c1-30(25,26)23-15-5-2-13(3-6-15)11-21-20(24)18-19(29-12-22-18)14-4-7-16-17(10-14)28-9-8-27-16/h2-7,10,12,23H,8-9,11H2,1H3,(H,21,24). The van der Waals surface area contributed by atoms with Gasteiger partial charge in [0.05, 0.1) is 6.26 Å². The number of aromatic nitrogens is 1. The van der Waals surface area contributed by atoms with Crippen molar-refractivity contribution in [1.29, 1.82) is 0 Å². The van der Waals surface area contributed by atoms with E-state index in [-0.39, 0.29) is 12.2 Å². The van der Waals surface area contributed by atoms with Crippen LogP contribution in [0.25, 0.3) is 11.3 Å². The molecule has 3 aromatic rings. The van der Waals surface area contributed by atoms with E-state index >= 15 is 0 Å². The molecule has 0 unspecified atom stereocenters. The molecule has 0 bridgehead atoms. The molecule has 156 valence electrons. The van der Waals surface area contributed by atoms with Crippen molar-refractivity contribution in [1.82, 2.24) is 10.3 Å². The molecule has 0 fully saturated rings. The lowest BCUT2D eigenvalue weighted by molar-refractivity contribution is 0.0946. The number of carbonyl (C=O) groups excluding carboxylic acids is 1. The van der Waals surface area contributed by atoms with Crippen LogP contribution in [-0.2, 0) is 16.6 Å².